The van der Waals surface area contributed by atoms with Gasteiger partial charge in [-0.1, -0.05) is 24.1 Å². The molecule has 1 aliphatic heterocycles. The molecule has 1 atom stereocenters. The molecule has 4 nitrogen and oxygen atoms in total. The minimum absolute atomic E-state index is 0.0246. The maximum Gasteiger partial charge on any atom is 0.304 e. The summed E-state index contributed by atoms with van der Waals surface area (Å²) in [4.78, 5) is 24.3. The zero-order chi connectivity index (χ0) is 13.1. The zero-order valence-electron chi connectivity index (χ0n) is 9.80. The summed E-state index contributed by atoms with van der Waals surface area (Å²) in [7, 11) is 0. The van der Waals surface area contributed by atoms with Crippen molar-refractivity contribution in [3.63, 3.8) is 0 Å². The summed E-state index contributed by atoms with van der Waals surface area (Å²) in [6, 6.07) is 7.37. The van der Waals surface area contributed by atoms with Gasteiger partial charge in [0.05, 0.1) is 12.8 Å². The number of benzene rings is 1. The fraction of sp³-hybridized carbons (Fsp3) is 0.286. The van der Waals surface area contributed by atoms with Gasteiger partial charge in [-0.05, 0) is 11.6 Å². The number of carboxylic acids is 1. The van der Waals surface area contributed by atoms with Crippen LogP contribution >= 0.6 is 0 Å². The van der Waals surface area contributed by atoms with Crippen LogP contribution in [0.5, 0.6) is 0 Å². The van der Waals surface area contributed by atoms with Gasteiger partial charge in [0.2, 0.25) is 5.91 Å². The van der Waals surface area contributed by atoms with Crippen molar-refractivity contribution in [2.24, 2.45) is 0 Å². The fourth-order valence-electron chi connectivity index (χ4n) is 2.30. The number of hydrogen-bond donors (Lipinski definition) is 1. The molecular weight excluding hydrogens is 230 g/mol. The molecule has 0 saturated heterocycles. The number of carbonyl (C=O) groups excluding carboxylic acids is 1. The molecule has 1 amide bonds. The van der Waals surface area contributed by atoms with Crippen LogP contribution in [-0.2, 0) is 9.59 Å². The van der Waals surface area contributed by atoms with Crippen molar-refractivity contribution in [2.45, 2.75) is 18.8 Å². The van der Waals surface area contributed by atoms with Gasteiger partial charge in [0.25, 0.3) is 0 Å². The third kappa shape index (κ3) is 2.21. The van der Waals surface area contributed by atoms with Gasteiger partial charge in [-0.2, -0.15) is 0 Å². The number of amides is 1. The van der Waals surface area contributed by atoms with Gasteiger partial charge >= 0.3 is 5.97 Å². The van der Waals surface area contributed by atoms with E-state index in [2.05, 4.69) is 5.92 Å². The normalized spacial score (nSPS) is 17.1. The predicted molar refractivity (Wildman–Crippen MR) is 67.2 cm³/mol. The predicted octanol–water partition coefficient (Wildman–Crippen LogP) is 1.61. The largest absolute Gasteiger partial charge is 0.481 e. The summed E-state index contributed by atoms with van der Waals surface area (Å²) in [5.74, 6) is 1.16. The summed E-state index contributed by atoms with van der Waals surface area (Å²) in [5, 5.41) is 8.89. The number of carbonyl (C=O) groups is 2. The number of carboxylic acid groups (broad SMARTS) is 1. The van der Waals surface area contributed by atoms with Crippen molar-refractivity contribution in [2.75, 3.05) is 11.4 Å². The van der Waals surface area contributed by atoms with Crippen LogP contribution < -0.4 is 4.90 Å². The average Bonchev–Trinajstić information content (AvgIpc) is 2.68. The summed E-state index contributed by atoms with van der Waals surface area (Å²) < 4.78 is 0. The third-order valence-electron chi connectivity index (χ3n) is 3.05. The highest BCUT2D eigenvalue weighted by atomic mass is 16.4. The molecule has 0 radical (unpaired) electrons. The molecular formula is C14H13NO3. The fourth-order valence-corrected chi connectivity index (χ4v) is 2.30. The molecule has 18 heavy (non-hydrogen) atoms. The van der Waals surface area contributed by atoms with Gasteiger partial charge in [0, 0.05) is 18.2 Å². The highest BCUT2D eigenvalue weighted by Gasteiger charge is 2.32. The first kappa shape index (κ1) is 12.2. The maximum atomic E-state index is 11.9. The summed E-state index contributed by atoms with van der Waals surface area (Å²) in [6.07, 6.45) is 5.20. The number of hydrogen-bond acceptors (Lipinski definition) is 2. The van der Waals surface area contributed by atoms with E-state index in [1.165, 1.54) is 0 Å². The lowest BCUT2D eigenvalue weighted by atomic mass is 9.98. The quantitative estimate of drug-likeness (QED) is 0.820. The Labute approximate surface area is 105 Å². The van der Waals surface area contributed by atoms with E-state index < -0.39 is 5.97 Å². The highest BCUT2D eigenvalue weighted by molar-refractivity contribution is 5.97. The number of fused-ring (bicyclic) bond motifs is 1. The molecule has 1 N–H and O–H groups in total. The van der Waals surface area contributed by atoms with Crippen molar-refractivity contribution >= 4 is 17.6 Å². The Morgan fingerprint density at radius 3 is 2.83 bits per heavy atom. The molecule has 1 heterocycles. The van der Waals surface area contributed by atoms with Crippen LogP contribution in [0.3, 0.4) is 0 Å². The molecule has 1 unspecified atom stereocenters. The van der Waals surface area contributed by atoms with E-state index in [0.717, 1.165) is 11.3 Å². The molecule has 0 aromatic heterocycles. The van der Waals surface area contributed by atoms with E-state index in [1.54, 1.807) is 4.90 Å². The van der Waals surface area contributed by atoms with Crippen molar-refractivity contribution < 1.29 is 14.7 Å². The van der Waals surface area contributed by atoms with Crippen LogP contribution in [0.4, 0.5) is 5.69 Å². The maximum absolute atomic E-state index is 11.9. The first-order valence-corrected chi connectivity index (χ1v) is 5.68. The Balaban J connectivity index is 2.30. The molecule has 0 aliphatic carbocycles. The number of para-hydroxylation sites is 1. The Morgan fingerprint density at radius 1 is 1.44 bits per heavy atom. The molecule has 92 valence electrons. The first-order valence-electron chi connectivity index (χ1n) is 5.68. The smallest absolute Gasteiger partial charge is 0.304 e. The van der Waals surface area contributed by atoms with Crippen LogP contribution in [0.1, 0.15) is 24.3 Å². The van der Waals surface area contributed by atoms with Gasteiger partial charge in [-0.15, -0.1) is 6.42 Å². The zero-order valence-corrected chi connectivity index (χ0v) is 9.80. The SMILES string of the molecule is C#CCC(=O)N1CC(CC(=O)O)c2ccccc21. The average molecular weight is 243 g/mol. The van der Waals surface area contributed by atoms with E-state index >= 15 is 0 Å². The number of anilines is 1. The van der Waals surface area contributed by atoms with Gasteiger partial charge in [0.1, 0.15) is 0 Å². The topological polar surface area (TPSA) is 57.6 Å². The lowest BCUT2D eigenvalue weighted by Crippen LogP contribution is -2.29. The van der Waals surface area contributed by atoms with E-state index in [0.29, 0.717) is 6.54 Å². The van der Waals surface area contributed by atoms with Gasteiger partial charge < -0.3 is 10.0 Å². The second kappa shape index (κ2) is 4.92. The summed E-state index contributed by atoms with van der Waals surface area (Å²) in [5.41, 5.74) is 1.69. The van der Waals surface area contributed by atoms with Gasteiger partial charge in [-0.25, -0.2) is 0 Å². The van der Waals surface area contributed by atoms with Crippen LogP contribution in [0.15, 0.2) is 24.3 Å². The molecule has 0 fully saturated rings. The third-order valence-corrected chi connectivity index (χ3v) is 3.05. The number of terminal acetylenes is 1. The minimum atomic E-state index is -0.860. The van der Waals surface area contributed by atoms with E-state index in [9.17, 15) is 9.59 Å². The lowest BCUT2D eigenvalue weighted by Gasteiger charge is -2.16. The summed E-state index contributed by atoms with van der Waals surface area (Å²) >= 11 is 0. The van der Waals surface area contributed by atoms with E-state index in [4.69, 9.17) is 11.5 Å². The number of aliphatic carboxylic acids is 1. The first-order chi connectivity index (χ1) is 8.63. The Bertz CT molecular complexity index is 530. The van der Waals surface area contributed by atoms with Gasteiger partial charge in [0.15, 0.2) is 0 Å². The van der Waals surface area contributed by atoms with Crippen molar-refractivity contribution in [1.82, 2.24) is 0 Å². The van der Waals surface area contributed by atoms with E-state index in [-0.39, 0.29) is 24.7 Å². The molecule has 0 spiro atoms. The Kier molecular flexibility index (Phi) is 3.33. The van der Waals surface area contributed by atoms with Crippen molar-refractivity contribution in [3.8, 4) is 12.3 Å². The van der Waals surface area contributed by atoms with Crippen LogP contribution in [0.2, 0.25) is 0 Å². The Morgan fingerprint density at radius 2 is 2.17 bits per heavy atom. The van der Waals surface area contributed by atoms with Crippen LogP contribution in [-0.4, -0.2) is 23.5 Å². The van der Waals surface area contributed by atoms with Crippen molar-refractivity contribution in [3.05, 3.63) is 29.8 Å². The highest BCUT2D eigenvalue weighted by Crippen LogP contribution is 2.38. The van der Waals surface area contributed by atoms with E-state index in [1.807, 2.05) is 24.3 Å². The number of rotatable bonds is 3. The molecule has 0 bridgehead atoms. The van der Waals surface area contributed by atoms with Crippen molar-refractivity contribution in [1.29, 1.82) is 0 Å². The molecule has 4 heteroatoms. The lowest BCUT2D eigenvalue weighted by molar-refractivity contribution is -0.137. The van der Waals surface area contributed by atoms with Crippen LogP contribution in [0.25, 0.3) is 0 Å². The molecule has 1 aromatic rings. The number of nitrogens with zero attached hydrogens (tertiary/aromatic N) is 1. The molecule has 1 aliphatic rings. The summed E-state index contributed by atoms with van der Waals surface area (Å²) in [6.45, 7) is 0.395. The standard InChI is InChI=1S/C14H13NO3/c1-2-5-13(16)15-9-10(8-14(17)18)11-6-3-4-7-12(11)15/h1,3-4,6-7,10H,5,8-9H2,(H,17,18). The van der Waals surface area contributed by atoms with Crippen LogP contribution in [0, 0.1) is 12.3 Å². The Hall–Kier alpha value is -2.28. The minimum Gasteiger partial charge on any atom is -0.481 e. The second-order valence-electron chi connectivity index (χ2n) is 4.24. The monoisotopic (exact) mass is 243 g/mol. The molecule has 2 rings (SSSR count). The second-order valence-corrected chi connectivity index (χ2v) is 4.24. The van der Waals surface area contributed by atoms with Gasteiger partial charge in [-0.3, -0.25) is 9.59 Å². The molecule has 0 saturated carbocycles. The molecule has 1 aromatic carbocycles.